The van der Waals surface area contributed by atoms with Gasteiger partial charge in [-0.3, -0.25) is 4.98 Å². The second kappa shape index (κ2) is 5.26. The maximum Gasteiger partial charge on any atom is 0.180 e. The van der Waals surface area contributed by atoms with Crippen molar-refractivity contribution < 1.29 is 0 Å². The Labute approximate surface area is 121 Å². The Kier molecular flexibility index (Phi) is 3.93. The number of nitrogens with zero attached hydrogens (tertiary/aromatic N) is 3. The molecule has 0 fully saturated rings. The molecule has 0 saturated heterocycles. The molecule has 2 heterocycles. The number of anilines is 1. The third kappa shape index (κ3) is 2.74. The van der Waals surface area contributed by atoms with E-state index in [-0.39, 0.29) is 0 Å². The summed E-state index contributed by atoms with van der Waals surface area (Å²) in [6.07, 6.45) is 2.55. The monoisotopic (exact) mass is 404 g/mol. The van der Waals surface area contributed by atoms with Crippen molar-refractivity contribution in [2.45, 2.75) is 13.3 Å². The first-order chi connectivity index (χ1) is 8.11. The minimum Gasteiger partial charge on any atom is -0.383 e. The van der Waals surface area contributed by atoms with Gasteiger partial charge in [0.1, 0.15) is 11.5 Å². The summed E-state index contributed by atoms with van der Waals surface area (Å²) in [6, 6.07) is 3.77. The van der Waals surface area contributed by atoms with Crippen LogP contribution in [0.25, 0.3) is 11.5 Å². The van der Waals surface area contributed by atoms with E-state index in [1.165, 1.54) is 0 Å². The third-order valence-electron chi connectivity index (χ3n) is 2.24. The highest BCUT2D eigenvalue weighted by Crippen LogP contribution is 2.22. The quantitative estimate of drug-likeness (QED) is 0.781. The first-order valence-electron chi connectivity index (χ1n) is 5.05. The lowest BCUT2D eigenvalue weighted by Gasteiger charge is -2.06. The molecule has 0 aromatic carbocycles. The Hall–Kier alpha value is -0.760. The summed E-state index contributed by atoms with van der Waals surface area (Å²) in [5.74, 6) is 1.09. The second-order valence-corrected chi connectivity index (χ2v) is 5.40. The predicted octanol–water partition coefficient (Wildman–Crippen LogP) is 3.05. The van der Waals surface area contributed by atoms with Crippen LogP contribution >= 0.6 is 38.5 Å². The SMILES string of the molecule is CCc1nc(-c2ccc(Br)cn2)nc(N)c1I. The minimum absolute atomic E-state index is 0.511. The van der Waals surface area contributed by atoms with E-state index in [9.17, 15) is 0 Å². The van der Waals surface area contributed by atoms with Crippen LogP contribution < -0.4 is 5.73 Å². The summed E-state index contributed by atoms with van der Waals surface area (Å²) in [7, 11) is 0. The van der Waals surface area contributed by atoms with Crippen LogP contribution in [0.3, 0.4) is 0 Å². The van der Waals surface area contributed by atoms with E-state index < -0.39 is 0 Å². The average molecular weight is 405 g/mol. The van der Waals surface area contributed by atoms with Crippen molar-refractivity contribution in [3.63, 3.8) is 0 Å². The molecule has 6 heteroatoms. The Bertz CT molecular complexity index is 542. The first-order valence-corrected chi connectivity index (χ1v) is 6.92. The molecule has 2 N–H and O–H groups in total. The molecular formula is C11H10BrIN4. The Morgan fingerprint density at radius 3 is 2.71 bits per heavy atom. The number of hydrogen-bond donors (Lipinski definition) is 1. The molecule has 88 valence electrons. The van der Waals surface area contributed by atoms with E-state index in [4.69, 9.17) is 5.73 Å². The van der Waals surface area contributed by atoms with E-state index in [0.29, 0.717) is 11.6 Å². The maximum atomic E-state index is 5.87. The zero-order valence-electron chi connectivity index (χ0n) is 9.11. The number of rotatable bonds is 2. The summed E-state index contributed by atoms with van der Waals surface area (Å²) in [5.41, 5.74) is 7.55. The van der Waals surface area contributed by atoms with Crippen LogP contribution in [0.2, 0.25) is 0 Å². The Morgan fingerprint density at radius 2 is 2.12 bits per heavy atom. The van der Waals surface area contributed by atoms with Gasteiger partial charge >= 0.3 is 0 Å². The molecule has 4 nitrogen and oxygen atoms in total. The van der Waals surface area contributed by atoms with Gasteiger partial charge in [0.2, 0.25) is 0 Å². The van der Waals surface area contributed by atoms with Crippen molar-refractivity contribution in [1.29, 1.82) is 0 Å². The summed E-state index contributed by atoms with van der Waals surface area (Å²) in [4.78, 5) is 13.0. The van der Waals surface area contributed by atoms with Gasteiger partial charge in [0.15, 0.2) is 5.82 Å². The Balaban J connectivity index is 2.52. The maximum absolute atomic E-state index is 5.87. The number of nitrogen functional groups attached to an aromatic ring is 1. The Morgan fingerprint density at radius 1 is 1.35 bits per heavy atom. The highest BCUT2D eigenvalue weighted by atomic mass is 127. The number of nitrogens with two attached hydrogens (primary N) is 1. The number of halogens is 2. The number of pyridine rings is 1. The fourth-order valence-corrected chi connectivity index (χ4v) is 2.23. The minimum atomic E-state index is 0.511. The van der Waals surface area contributed by atoms with Crippen LogP contribution in [-0.4, -0.2) is 15.0 Å². The highest BCUT2D eigenvalue weighted by Gasteiger charge is 2.10. The van der Waals surface area contributed by atoms with E-state index in [1.54, 1.807) is 6.20 Å². The van der Waals surface area contributed by atoms with Gasteiger partial charge in [0.05, 0.1) is 9.26 Å². The van der Waals surface area contributed by atoms with Gasteiger partial charge in [-0.25, -0.2) is 9.97 Å². The summed E-state index contributed by atoms with van der Waals surface area (Å²) < 4.78 is 1.85. The third-order valence-corrected chi connectivity index (χ3v) is 3.88. The topological polar surface area (TPSA) is 64.7 Å². The van der Waals surface area contributed by atoms with E-state index in [1.807, 2.05) is 19.1 Å². The molecule has 17 heavy (non-hydrogen) atoms. The van der Waals surface area contributed by atoms with E-state index >= 15 is 0 Å². The standard InChI is InChI=1S/C11H10BrIN4/c1-2-7-9(13)10(14)17-11(16-7)8-4-3-6(12)5-15-8/h3-5H,2H2,1H3,(H2,14,16,17). The molecule has 0 aliphatic heterocycles. The van der Waals surface area contributed by atoms with Gasteiger partial charge in [-0.15, -0.1) is 0 Å². The van der Waals surface area contributed by atoms with Crippen molar-refractivity contribution in [2.75, 3.05) is 5.73 Å². The molecule has 0 radical (unpaired) electrons. The fraction of sp³-hybridized carbons (Fsp3) is 0.182. The molecule has 2 rings (SSSR count). The van der Waals surface area contributed by atoms with Crippen LogP contribution in [0.15, 0.2) is 22.8 Å². The first kappa shape index (κ1) is 12.7. The van der Waals surface area contributed by atoms with Crippen molar-refractivity contribution in [3.8, 4) is 11.5 Å². The molecule has 0 spiro atoms. The van der Waals surface area contributed by atoms with Gasteiger partial charge in [-0.2, -0.15) is 0 Å². The number of hydrogen-bond acceptors (Lipinski definition) is 4. The zero-order chi connectivity index (χ0) is 12.4. The predicted molar refractivity (Wildman–Crippen MR) is 79.5 cm³/mol. The van der Waals surface area contributed by atoms with Gasteiger partial charge in [0, 0.05) is 10.7 Å². The van der Waals surface area contributed by atoms with Crippen molar-refractivity contribution in [1.82, 2.24) is 15.0 Å². The van der Waals surface area contributed by atoms with E-state index in [2.05, 4.69) is 53.5 Å². The van der Waals surface area contributed by atoms with Crippen molar-refractivity contribution >= 4 is 44.3 Å². The van der Waals surface area contributed by atoms with Crippen molar-refractivity contribution in [3.05, 3.63) is 32.1 Å². The zero-order valence-corrected chi connectivity index (χ0v) is 12.9. The molecule has 0 amide bonds. The van der Waals surface area contributed by atoms with Gasteiger partial charge in [-0.1, -0.05) is 6.92 Å². The average Bonchev–Trinajstić information content (AvgIpc) is 2.33. The molecule has 2 aromatic rings. The van der Waals surface area contributed by atoms with Crippen molar-refractivity contribution in [2.24, 2.45) is 0 Å². The molecule has 0 saturated carbocycles. The molecule has 0 atom stereocenters. The largest absolute Gasteiger partial charge is 0.383 e. The molecule has 2 aromatic heterocycles. The molecule has 0 aliphatic rings. The lowest BCUT2D eigenvalue weighted by molar-refractivity contribution is 0.987. The molecular weight excluding hydrogens is 395 g/mol. The molecule has 0 unspecified atom stereocenters. The van der Waals surface area contributed by atoms with Crippen LogP contribution in [0.1, 0.15) is 12.6 Å². The summed E-state index contributed by atoms with van der Waals surface area (Å²) in [5, 5.41) is 0. The van der Waals surface area contributed by atoms with Gasteiger partial charge in [0.25, 0.3) is 0 Å². The van der Waals surface area contributed by atoms with Crippen LogP contribution in [0, 0.1) is 3.57 Å². The fourth-order valence-electron chi connectivity index (χ4n) is 1.37. The summed E-state index contributed by atoms with van der Waals surface area (Å²) >= 11 is 5.51. The van der Waals surface area contributed by atoms with Crippen LogP contribution in [0.5, 0.6) is 0 Å². The lowest BCUT2D eigenvalue weighted by Crippen LogP contribution is -2.04. The smallest absolute Gasteiger partial charge is 0.180 e. The van der Waals surface area contributed by atoms with Crippen LogP contribution in [-0.2, 0) is 6.42 Å². The van der Waals surface area contributed by atoms with Gasteiger partial charge in [-0.05, 0) is 57.1 Å². The van der Waals surface area contributed by atoms with E-state index in [0.717, 1.165) is 25.9 Å². The lowest BCUT2D eigenvalue weighted by atomic mass is 10.3. The second-order valence-electron chi connectivity index (χ2n) is 3.41. The van der Waals surface area contributed by atoms with Crippen LogP contribution in [0.4, 0.5) is 5.82 Å². The molecule has 0 bridgehead atoms. The van der Waals surface area contributed by atoms with Gasteiger partial charge < -0.3 is 5.73 Å². The number of aryl methyl sites for hydroxylation is 1. The molecule has 0 aliphatic carbocycles. The normalized spacial score (nSPS) is 10.5. The highest BCUT2D eigenvalue weighted by molar-refractivity contribution is 14.1. The number of aromatic nitrogens is 3. The summed E-state index contributed by atoms with van der Waals surface area (Å²) in [6.45, 7) is 2.04.